The minimum atomic E-state index is -0.539. The summed E-state index contributed by atoms with van der Waals surface area (Å²) in [5, 5.41) is 0. The van der Waals surface area contributed by atoms with Crippen molar-refractivity contribution in [1.29, 1.82) is 0 Å². The second kappa shape index (κ2) is 6.05. The van der Waals surface area contributed by atoms with Crippen LogP contribution in [0.15, 0.2) is 30.8 Å². The molecule has 0 radical (unpaired) electrons. The summed E-state index contributed by atoms with van der Waals surface area (Å²) in [5.41, 5.74) is 0.680. The lowest BCUT2D eigenvalue weighted by atomic mass is 9.78. The molecule has 1 aromatic carbocycles. The fourth-order valence-electron chi connectivity index (χ4n) is 2.28. The zero-order valence-corrected chi connectivity index (χ0v) is 15.7. The number of carbonyl (C=O) groups excluding carboxylic acids is 1. The number of hydrogen-bond donors (Lipinski definition) is 0. The smallest absolute Gasteiger partial charge is 0.456 e. The summed E-state index contributed by atoms with van der Waals surface area (Å²) < 4.78 is 17.4. The van der Waals surface area contributed by atoms with E-state index in [0.717, 1.165) is 11.0 Å². The summed E-state index contributed by atoms with van der Waals surface area (Å²) in [5.74, 6) is -0.411. The van der Waals surface area contributed by atoms with Crippen LogP contribution in [0, 0.1) is 0 Å². The van der Waals surface area contributed by atoms with Crippen molar-refractivity contribution >= 4 is 24.1 Å². The van der Waals surface area contributed by atoms with E-state index in [1.54, 1.807) is 0 Å². The second-order valence-electron chi connectivity index (χ2n) is 8.19. The van der Waals surface area contributed by atoms with E-state index in [2.05, 4.69) is 6.58 Å². The summed E-state index contributed by atoms with van der Waals surface area (Å²) in [7, 11) is -0.418. The summed E-state index contributed by atoms with van der Waals surface area (Å²) in [6.07, 6.45) is 0. The van der Waals surface area contributed by atoms with Gasteiger partial charge in [-0.2, -0.15) is 0 Å². The van der Waals surface area contributed by atoms with Crippen molar-refractivity contribution in [3.63, 3.8) is 0 Å². The molecular formula is C19H27BO4. The van der Waals surface area contributed by atoms with Crippen molar-refractivity contribution in [2.45, 2.75) is 65.3 Å². The average molecular weight is 330 g/mol. The molecule has 0 atom stereocenters. The van der Waals surface area contributed by atoms with Gasteiger partial charge in [-0.3, -0.25) is 0 Å². The zero-order chi connectivity index (χ0) is 18.3. The highest BCUT2D eigenvalue weighted by Gasteiger charge is 2.51. The fraction of sp³-hybridized carbons (Fsp3) is 0.526. The van der Waals surface area contributed by atoms with Crippen LogP contribution in [0.25, 0.3) is 5.57 Å². The molecule has 0 amide bonds. The Balaban J connectivity index is 2.12. The minimum Gasteiger partial charge on any atom is -0.456 e. The van der Waals surface area contributed by atoms with Crippen LogP contribution in [0.3, 0.4) is 0 Å². The monoisotopic (exact) mass is 330 g/mol. The molecule has 0 N–H and O–H groups in total. The Kier molecular flexibility index (Phi) is 4.72. The van der Waals surface area contributed by atoms with E-state index >= 15 is 0 Å². The maximum atomic E-state index is 12.1. The summed E-state index contributed by atoms with van der Waals surface area (Å²) in [6.45, 7) is 17.4. The van der Waals surface area contributed by atoms with Crippen LogP contribution >= 0.6 is 0 Å². The predicted octanol–water partition coefficient (Wildman–Crippen LogP) is 3.34. The first-order chi connectivity index (χ1) is 10.8. The van der Waals surface area contributed by atoms with Crippen molar-refractivity contribution in [3.8, 4) is 0 Å². The fourth-order valence-corrected chi connectivity index (χ4v) is 2.28. The lowest BCUT2D eigenvalue weighted by Crippen LogP contribution is -2.41. The van der Waals surface area contributed by atoms with E-state index in [1.807, 2.05) is 72.7 Å². The minimum absolute atomic E-state index is 0.338. The SMILES string of the molecule is C=C(C(=O)OC(C)(C)C)c1ccc(B2OC(C)(C)C(C)(C)O2)cc1. The molecule has 0 unspecified atom stereocenters. The second-order valence-corrected chi connectivity index (χ2v) is 8.19. The first-order valence-electron chi connectivity index (χ1n) is 8.21. The van der Waals surface area contributed by atoms with Crippen LogP contribution in [0.1, 0.15) is 54.0 Å². The maximum Gasteiger partial charge on any atom is 0.494 e. The van der Waals surface area contributed by atoms with Crippen molar-refractivity contribution in [1.82, 2.24) is 0 Å². The zero-order valence-electron chi connectivity index (χ0n) is 15.7. The highest BCUT2D eigenvalue weighted by molar-refractivity contribution is 6.62. The maximum absolute atomic E-state index is 12.1. The number of ether oxygens (including phenoxy) is 1. The Hall–Kier alpha value is -1.59. The van der Waals surface area contributed by atoms with Crippen LogP contribution in [0.2, 0.25) is 0 Å². The third-order valence-corrected chi connectivity index (χ3v) is 4.43. The number of esters is 1. The molecule has 130 valence electrons. The van der Waals surface area contributed by atoms with Gasteiger partial charge in [-0.15, -0.1) is 0 Å². The van der Waals surface area contributed by atoms with Crippen molar-refractivity contribution < 1.29 is 18.8 Å². The van der Waals surface area contributed by atoms with E-state index in [0.29, 0.717) is 5.57 Å². The first-order valence-corrected chi connectivity index (χ1v) is 8.21. The lowest BCUT2D eigenvalue weighted by Gasteiger charge is -2.32. The van der Waals surface area contributed by atoms with Gasteiger partial charge >= 0.3 is 13.1 Å². The van der Waals surface area contributed by atoms with Gasteiger partial charge in [0.2, 0.25) is 0 Å². The molecule has 1 aromatic rings. The number of hydrogen-bond acceptors (Lipinski definition) is 4. The molecule has 1 saturated heterocycles. The van der Waals surface area contributed by atoms with Crippen LogP contribution in [-0.4, -0.2) is 29.9 Å². The van der Waals surface area contributed by atoms with Crippen LogP contribution in [0.4, 0.5) is 0 Å². The lowest BCUT2D eigenvalue weighted by molar-refractivity contribution is -0.147. The highest BCUT2D eigenvalue weighted by Crippen LogP contribution is 2.36. The highest BCUT2D eigenvalue weighted by atomic mass is 16.7. The van der Waals surface area contributed by atoms with Gasteiger partial charge in [-0.25, -0.2) is 4.79 Å². The third kappa shape index (κ3) is 3.90. The molecule has 1 aliphatic rings. The van der Waals surface area contributed by atoms with Crippen molar-refractivity contribution in [2.75, 3.05) is 0 Å². The standard InChI is InChI=1S/C19H27BO4/c1-13(16(21)22-17(2,3)4)14-9-11-15(12-10-14)20-23-18(5,6)19(7,8)24-20/h9-12H,1H2,2-8H3. The van der Waals surface area contributed by atoms with E-state index in [9.17, 15) is 4.79 Å². The molecule has 0 aromatic heterocycles. The van der Waals surface area contributed by atoms with Gasteiger partial charge in [0.25, 0.3) is 0 Å². The van der Waals surface area contributed by atoms with Crippen molar-refractivity contribution in [2.24, 2.45) is 0 Å². The molecule has 1 fully saturated rings. The Morgan fingerprint density at radius 3 is 1.92 bits per heavy atom. The largest absolute Gasteiger partial charge is 0.494 e. The molecule has 5 heteroatoms. The Bertz CT molecular complexity index is 622. The molecule has 1 heterocycles. The third-order valence-electron chi connectivity index (χ3n) is 4.43. The summed E-state index contributed by atoms with van der Waals surface area (Å²) in [6, 6.07) is 7.47. The first kappa shape index (κ1) is 18.7. The number of carbonyl (C=O) groups is 1. The average Bonchev–Trinajstić information content (AvgIpc) is 2.65. The van der Waals surface area contributed by atoms with Gasteiger partial charge in [0.05, 0.1) is 16.8 Å². The molecule has 24 heavy (non-hydrogen) atoms. The van der Waals surface area contributed by atoms with E-state index in [-0.39, 0.29) is 11.2 Å². The molecule has 0 aliphatic carbocycles. The normalized spacial score (nSPS) is 19.2. The molecule has 1 aliphatic heterocycles. The summed E-state index contributed by atoms with van der Waals surface area (Å²) in [4.78, 5) is 12.1. The summed E-state index contributed by atoms with van der Waals surface area (Å²) >= 11 is 0. The van der Waals surface area contributed by atoms with Crippen molar-refractivity contribution in [3.05, 3.63) is 36.4 Å². The van der Waals surface area contributed by atoms with Crippen LogP contribution < -0.4 is 5.46 Å². The Morgan fingerprint density at radius 1 is 1.04 bits per heavy atom. The Labute approximate surface area is 145 Å². The molecule has 4 nitrogen and oxygen atoms in total. The Morgan fingerprint density at radius 2 is 1.50 bits per heavy atom. The molecule has 0 spiro atoms. The van der Waals surface area contributed by atoms with Gasteiger partial charge in [0.1, 0.15) is 5.60 Å². The topological polar surface area (TPSA) is 44.8 Å². The van der Waals surface area contributed by atoms with Gasteiger partial charge in [-0.05, 0) is 59.5 Å². The quantitative estimate of drug-likeness (QED) is 0.484. The van der Waals surface area contributed by atoms with Gasteiger partial charge < -0.3 is 14.0 Å². The predicted molar refractivity (Wildman–Crippen MR) is 97.0 cm³/mol. The number of benzene rings is 1. The van der Waals surface area contributed by atoms with Gasteiger partial charge in [-0.1, -0.05) is 30.8 Å². The van der Waals surface area contributed by atoms with Gasteiger partial charge in [0, 0.05) is 0 Å². The van der Waals surface area contributed by atoms with Gasteiger partial charge in [0.15, 0.2) is 0 Å². The molecular weight excluding hydrogens is 303 g/mol. The molecule has 0 saturated carbocycles. The number of rotatable bonds is 3. The van der Waals surface area contributed by atoms with E-state index < -0.39 is 18.7 Å². The van der Waals surface area contributed by atoms with E-state index in [4.69, 9.17) is 14.0 Å². The van der Waals surface area contributed by atoms with Crippen LogP contribution in [-0.2, 0) is 18.8 Å². The van der Waals surface area contributed by atoms with E-state index in [1.165, 1.54) is 0 Å². The molecule has 0 bridgehead atoms. The van der Waals surface area contributed by atoms with Crippen LogP contribution in [0.5, 0.6) is 0 Å². The molecule has 2 rings (SSSR count).